The number of ether oxygens (including phenoxy) is 1. The Labute approximate surface area is 137 Å². The van der Waals surface area contributed by atoms with Gasteiger partial charge in [0.05, 0.1) is 5.92 Å². The van der Waals surface area contributed by atoms with E-state index in [-0.39, 0.29) is 17.7 Å². The van der Waals surface area contributed by atoms with E-state index in [0.717, 1.165) is 18.4 Å². The number of nitrogens with zero attached hydrogens (tertiary/aromatic N) is 3. The Balaban J connectivity index is 1.79. The minimum Gasteiger partial charge on any atom is -0.385 e. The number of likely N-dealkylation sites (N-methyl/N-ethyl adjacent to an activating group) is 1. The second-order valence-corrected chi connectivity index (χ2v) is 5.95. The molecule has 1 unspecified atom stereocenters. The Bertz CT molecular complexity index is 521. The SMILES string of the molecule is COCCCN1CC(C(=O)N(C)CCc2ccncc2)CC1=O. The molecule has 1 saturated heterocycles. The average molecular weight is 319 g/mol. The van der Waals surface area contributed by atoms with Crippen molar-refractivity contribution in [3.8, 4) is 0 Å². The number of hydrogen-bond acceptors (Lipinski definition) is 4. The lowest BCUT2D eigenvalue weighted by Gasteiger charge is -2.21. The summed E-state index contributed by atoms with van der Waals surface area (Å²) in [4.78, 5) is 32.0. The van der Waals surface area contributed by atoms with Crippen molar-refractivity contribution >= 4 is 11.8 Å². The fraction of sp³-hybridized carbons (Fsp3) is 0.588. The molecule has 0 bridgehead atoms. The zero-order valence-corrected chi connectivity index (χ0v) is 13.9. The monoisotopic (exact) mass is 319 g/mol. The summed E-state index contributed by atoms with van der Waals surface area (Å²) in [6.45, 7) is 2.48. The Kier molecular flexibility index (Phi) is 6.52. The molecule has 1 atom stereocenters. The van der Waals surface area contributed by atoms with Crippen molar-refractivity contribution in [2.24, 2.45) is 5.92 Å². The van der Waals surface area contributed by atoms with Crippen LogP contribution in [0.25, 0.3) is 0 Å². The molecule has 1 aliphatic heterocycles. The third-order valence-electron chi connectivity index (χ3n) is 4.20. The largest absolute Gasteiger partial charge is 0.385 e. The van der Waals surface area contributed by atoms with E-state index in [1.807, 2.05) is 19.2 Å². The van der Waals surface area contributed by atoms with E-state index in [0.29, 0.717) is 32.7 Å². The van der Waals surface area contributed by atoms with E-state index >= 15 is 0 Å². The van der Waals surface area contributed by atoms with Crippen LogP contribution in [0.2, 0.25) is 0 Å². The molecule has 1 aromatic heterocycles. The number of carbonyl (C=O) groups excluding carboxylic acids is 2. The van der Waals surface area contributed by atoms with Crippen LogP contribution in [0.4, 0.5) is 0 Å². The highest BCUT2D eigenvalue weighted by molar-refractivity contribution is 5.89. The summed E-state index contributed by atoms with van der Waals surface area (Å²) in [5.74, 6) is -0.0869. The maximum absolute atomic E-state index is 12.5. The van der Waals surface area contributed by atoms with Crippen LogP contribution >= 0.6 is 0 Å². The zero-order chi connectivity index (χ0) is 16.7. The van der Waals surface area contributed by atoms with E-state index in [1.165, 1.54) is 0 Å². The third-order valence-corrected chi connectivity index (χ3v) is 4.20. The van der Waals surface area contributed by atoms with Crippen LogP contribution in [0.1, 0.15) is 18.4 Å². The normalized spacial score (nSPS) is 17.6. The third kappa shape index (κ3) is 5.03. The van der Waals surface area contributed by atoms with Gasteiger partial charge in [-0.3, -0.25) is 14.6 Å². The maximum atomic E-state index is 12.5. The number of aromatic nitrogens is 1. The quantitative estimate of drug-likeness (QED) is 0.670. The lowest BCUT2D eigenvalue weighted by atomic mass is 10.1. The first-order valence-corrected chi connectivity index (χ1v) is 8.02. The van der Waals surface area contributed by atoms with Crippen LogP contribution in [-0.2, 0) is 20.7 Å². The van der Waals surface area contributed by atoms with Crippen molar-refractivity contribution in [2.45, 2.75) is 19.3 Å². The molecule has 1 aromatic rings. The Hall–Kier alpha value is -1.95. The first kappa shape index (κ1) is 17.4. The highest BCUT2D eigenvalue weighted by Crippen LogP contribution is 2.20. The van der Waals surface area contributed by atoms with Crippen LogP contribution in [0.5, 0.6) is 0 Å². The Morgan fingerprint density at radius 1 is 1.43 bits per heavy atom. The summed E-state index contributed by atoms with van der Waals surface area (Å²) in [5.41, 5.74) is 1.16. The highest BCUT2D eigenvalue weighted by Gasteiger charge is 2.35. The van der Waals surface area contributed by atoms with Gasteiger partial charge in [0, 0.05) is 59.2 Å². The van der Waals surface area contributed by atoms with Crippen molar-refractivity contribution in [3.05, 3.63) is 30.1 Å². The van der Waals surface area contributed by atoms with Crippen molar-refractivity contribution in [1.82, 2.24) is 14.8 Å². The lowest BCUT2D eigenvalue weighted by Crippen LogP contribution is -2.36. The smallest absolute Gasteiger partial charge is 0.227 e. The number of likely N-dealkylation sites (tertiary alicyclic amines) is 1. The van der Waals surface area contributed by atoms with Crippen LogP contribution in [0.3, 0.4) is 0 Å². The number of hydrogen-bond donors (Lipinski definition) is 0. The minimum absolute atomic E-state index is 0.0571. The lowest BCUT2D eigenvalue weighted by molar-refractivity contribution is -0.134. The van der Waals surface area contributed by atoms with E-state index in [9.17, 15) is 9.59 Å². The molecule has 6 nitrogen and oxygen atoms in total. The fourth-order valence-corrected chi connectivity index (χ4v) is 2.82. The van der Waals surface area contributed by atoms with Gasteiger partial charge in [0.1, 0.15) is 0 Å². The van der Waals surface area contributed by atoms with E-state index in [1.54, 1.807) is 29.3 Å². The number of amides is 2. The molecule has 126 valence electrons. The summed E-state index contributed by atoms with van der Waals surface area (Å²) in [6, 6.07) is 3.91. The molecular formula is C17H25N3O3. The summed E-state index contributed by atoms with van der Waals surface area (Å²) in [6.07, 6.45) is 5.44. The molecule has 6 heteroatoms. The predicted molar refractivity (Wildman–Crippen MR) is 86.8 cm³/mol. The topological polar surface area (TPSA) is 62.7 Å². The molecule has 0 spiro atoms. The van der Waals surface area contributed by atoms with Gasteiger partial charge in [-0.15, -0.1) is 0 Å². The molecule has 23 heavy (non-hydrogen) atoms. The van der Waals surface area contributed by atoms with E-state index in [2.05, 4.69) is 4.98 Å². The second-order valence-electron chi connectivity index (χ2n) is 5.95. The van der Waals surface area contributed by atoms with Gasteiger partial charge >= 0.3 is 0 Å². The van der Waals surface area contributed by atoms with Gasteiger partial charge in [-0.05, 0) is 30.5 Å². The molecule has 2 heterocycles. The van der Waals surface area contributed by atoms with E-state index in [4.69, 9.17) is 4.74 Å². The summed E-state index contributed by atoms with van der Waals surface area (Å²) < 4.78 is 5.01. The molecule has 0 saturated carbocycles. The van der Waals surface area contributed by atoms with Crippen molar-refractivity contribution in [1.29, 1.82) is 0 Å². The first-order chi connectivity index (χ1) is 11.1. The van der Waals surface area contributed by atoms with Crippen LogP contribution in [-0.4, -0.2) is 67.0 Å². The van der Waals surface area contributed by atoms with Crippen LogP contribution < -0.4 is 0 Å². The van der Waals surface area contributed by atoms with Gasteiger partial charge < -0.3 is 14.5 Å². The molecule has 0 aromatic carbocycles. The molecule has 1 fully saturated rings. The standard InChI is InChI=1S/C17H25N3O3/c1-19(10-6-14-4-7-18-8-5-14)17(22)15-12-16(21)20(13-15)9-3-11-23-2/h4-5,7-8,15H,3,6,9-13H2,1-2H3. The average Bonchev–Trinajstić information content (AvgIpc) is 2.94. The summed E-state index contributed by atoms with van der Waals surface area (Å²) in [5, 5.41) is 0. The number of pyridine rings is 1. The summed E-state index contributed by atoms with van der Waals surface area (Å²) >= 11 is 0. The predicted octanol–water partition coefficient (Wildman–Crippen LogP) is 0.967. The Morgan fingerprint density at radius 3 is 2.87 bits per heavy atom. The van der Waals surface area contributed by atoms with E-state index < -0.39 is 0 Å². The van der Waals surface area contributed by atoms with Gasteiger partial charge in [0.2, 0.25) is 11.8 Å². The molecule has 2 amide bonds. The number of methoxy groups -OCH3 is 1. The Morgan fingerprint density at radius 2 is 2.17 bits per heavy atom. The zero-order valence-electron chi connectivity index (χ0n) is 13.9. The van der Waals surface area contributed by atoms with Gasteiger partial charge in [-0.1, -0.05) is 0 Å². The van der Waals surface area contributed by atoms with Gasteiger partial charge in [-0.25, -0.2) is 0 Å². The fourth-order valence-electron chi connectivity index (χ4n) is 2.82. The summed E-state index contributed by atoms with van der Waals surface area (Å²) in [7, 11) is 3.46. The molecule has 0 N–H and O–H groups in total. The van der Waals surface area contributed by atoms with Gasteiger partial charge in [0.15, 0.2) is 0 Å². The minimum atomic E-state index is -0.215. The molecule has 2 rings (SSSR count). The molecular weight excluding hydrogens is 294 g/mol. The second kappa shape index (κ2) is 8.62. The van der Waals surface area contributed by atoms with Gasteiger partial charge in [-0.2, -0.15) is 0 Å². The number of rotatable bonds is 8. The van der Waals surface area contributed by atoms with Crippen molar-refractivity contribution in [3.63, 3.8) is 0 Å². The molecule has 1 aliphatic rings. The highest BCUT2D eigenvalue weighted by atomic mass is 16.5. The first-order valence-electron chi connectivity index (χ1n) is 8.02. The molecule has 0 aliphatic carbocycles. The number of carbonyl (C=O) groups is 2. The van der Waals surface area contributed by atoms with Gasteiger partial charge in [0.25, 0.3) is 0 Å². The maximum Gasteiger partial charge on any atom is 0.227 e. The van der Waals surface area contributed by atoms with Crippen LogP contribution in [0, 0.1) is 5.92 Å². The molecule has 0 radical (unpaired) electrons. The van der Waals surface area contributed by atoms with Crippen LogP contribution in [0.15, 0.2) is 24.5 Å². The van der Waals surface area contributed by atoms with Crippen molar-refractivity contribution < 1.29 is 14.3 Å². The van der Waals surface area contributed by atoms with Crippen molar-refractivity contribution in [2.75, 3.05) is 40.4 Å².